The van der Waals surface area contributed by atoms with Crippen LogP contribution in [0.15, 0.2) is 0 Å². The minimum absolute atomic E-state index is 0.00879. The summed E-state index contributed by atoms with van der Waals surface area (Å²) in [6.45, 7) is 11.8. The van der Waals surface area contributed by atoms with Crippen molar-refractivity contribution in [3.8, 4) is 0 Å². The van der Waals surface area contributed by atoms with Gasteiger partial charge in [-0.1, -0.05) is 118 Å². The van der Waals surface area contributed by atoms with Crippen LogP contribution >= 0.6 is 0 Å². The lowest BCUT2D eigenvalue weighted by molar-refractivity contribution is -0.151. The van der Waals surface area contributed by atoms with Crippen molar-refractivity contribution < 1.29 is 24.2 Å². The third-order valence-electron chi connectivity index (χ3n) is 8.74. The predicted molar refractivity (Wildman–Crippen MR) is 186 cm³/mol. The van der Waals surface area contributed by atoms with Gasteiger partial charge in [0.1, 0.15) is 12.2 Å². The maximum absolute atomic E-state index is 12.3. The molecule has 0 heterocycles. The first-order chi connectivity index (χ1) is 21.5. The quantitative estimate of drug-likeness (QED) is 0.0566. The zero-order valence-corrected chi connectivity index (χ0v) is 29.9. The number of nitrogens with zero attached hydrogens (tertiary/aromatic N) is 1. The molecule has 0 aliphatic rings. The number of unbranched alkanes of at least 4 members (excludes halogenated alkanes) is 14. The molecule has 0 aromatic carbocycles. The summed E-state index contributed by atoms with van der Waals surface area (Å²) in [5.41, 5.74) is 0. The molecule has 0 radical (unpaired) electrons. The second-order valence-electron chi connectivity index (χ2n) is 13.1. The Morgan fingerprint density at radius 1 is 0.477 bits per heavy atom. The second-order valence-corrected chi connectivity index (χ2v) is 13.1. The molecule has 44 heavy (non-hydrogen) atoms. The lowest BCUT2D eigenvalue weighted by atomic mass is 10.1. The lowest BCUT2D eigenvalue weighted by Crippen LogP contribution is -2.29. The van der Waals surface area contributed by atoms with Gasteiger partial charge in [0, 0.05) is 19.4 Å². The van der Waals surface area contributed by atoms with E-state index in [1.165, 1.54) is 38.5 Å². The zero-order chi connectivity index (χ0) is 32.5. The first-order valence-corrected chi connectivity index (χ1v) is 19.2. The molecular formula is C38H75NO5. The molecule has 2 atom stereocenters. The number of aliphatic hydroxyl groups is 1. The summed E-state index contributed by atoms with van der Waals surface area (Å²) in [7, 11) is 0. The van der Waals surface area contributed by atoms with Crippen molar-refractivity contribution in [1.29, 1.82) is 0 Å². The van der Waals surface area contributed by atoms with E-state index < -0.39 is 0 Å². The van der Waals surface area contributed by atoms with Crippen molar-refractivity contribution in [2.75, 3.05) is 26.2 Å². The number of carbonyl (C=O) groups excluding carboxylic acids is 2. The molecule has 6 nitrogen and oxygen atoms in total. The Labute approximate surface area is 273 Å². The van der Waals surface area contributed by atoms with Gasteiger partial charge in [-0.2, -0.15) is 0 Å². The monoisotopic (exact) mass is 626 g/mol. The number of carbonyl (C=O) groups is 2. The van der Waals surface area contributed by atoms with Gasteiger partial charge in [-0.3, -0.25) is 9.59 Å². The fraction of sp³-hybridized carbons (Fsp3) is 0.947. The predicted octanol–water partition coefficient (Wildman–Crippen LogP) is 10.3. The molecule has 262 valence electrons. The fourth-order valence-corrected chi connectivity index (χ4v) is 5.87. The molecule has 0 saturated carbocycles. The molecule has 0 spiro atoms. The van der Waals surface area contributed by atoms with Crippen LogP contribution in [0.2, 0.25) is 0 Å². The molecule has 0 rings (SSSR count). The average molecular weight is 626 g/mol. The number of ether oxygens (including phenoxy) is 2. The van der Waals surface area contributed by atoms with Gasteiger partial charge >= 0.3 is 11.9 Å². The minimum Gasteiger partial charge on any atom is -0.462 e. The summed E-state index contributed by atoms with van der Waals surface area (Å²) in [4.78, 5) is 27.1. The van der Waals surface area contributed by atoms with E-state index in [9.17, 15) is 14.7 Å². The molecular weight excluding hydrogens is 550 g/mol. The van der Waals surface area contributed by atoms with E-state index >= 15 is 0 Å². The number of hydrogen-bond acceptors (Lipinski definition) is 6. The van der Waals surface area contributed by atoms with Crippen molar-refractivity contribution in [2.45, 2.75) is 207 Å². The van der Waals surface area contributed by atoms with E-state index in [4.69, 9.17) is 9.47 Å². The first-order valence-electron chi connectivity index (χ1n) is 19.2. The molecule has 0 amide bonds. The fourth-order valence-electron chi connectivity index (χ4n) is 5.87. The summed E-state index contributed by atoms with van der Waals surface area (Å²) in [6, 6.07) is 0. The van der Waals surface area contributed by atoms with Crippen LogP contribution in [-0.4, -0.2) is 60.4 Å². The Kier molecular flexibility index (Phi) is 32.4. The standard InChI is InChI=1S/C38H75NO5/c1-5-9-19-27-35(25-11-7-3)43-37(41)29-21-15-13-17-23-31-39(33-34-40)32-24-18-14-16-22-30-38(42)44-36(26-12-8-4)28-20-10-6-2/h35-36,40H,5-34H2,1-4H3. The molecule has 0 fully saturated rings. The Morgan fingerprint density at radius 3 is 1.23 bits per heavy atom. The number of esters is 2. The van der Waals surface area contributed by atoms with Gasteiger partial charge in [-0.25, -0.2) is 0 Å². The Morgan fingerprint density at radius 2 is 0.841 bits per heavy atom. The van der Waals surface area contributed by atoms with E-state index in [1.54, 1.807) is 0 Å². The van der Waals surface area contributed by atoms with Crippen LogP contribution in [0.4, 0.5) is 0 Å². The van der Waals surface area contributed by atoms with E-state index in [-0.39, 0.29) is 30.8 Å². The highest BCUT2D eigenvalue weighted by atomic mass is 16.5. The Hall–Kier alpha value is -1.14. The van der Waals surface area contributed by atoms with Gasteiger partial charge in [0.05, 0.1) is 6.61 Å². The van der Waals surface area contributed by atoms with Crippen molar-refractivity contribution in [3.05, 3.63) is 0 Å². The third-order valence-corrected chi connectivity index (χ3v) is 8.74. The van der Waals surface area contributed by atoms with Crippen LogP contribution in [0.25, 0.3) is 0 Å². The molecule has 1 N–H and O–H groups in total. The van der Waals surface area contributed by atoms with Crippen molar-refractivity contribution >= 4 is 11.9 Å². The SMILES string of the molecule is CCCCCC(CCCC)OC(=O)CCCCCCCN(CCO)CCCCCCCC(=O)OC(CCCC)CCCCC. The highest BCUT2D eigenvalue weighted by molar-refractivity contribution is 5.69. The number of rotatable bonds is 34. The molecule has 0 aliphatic heterocycles. The van der Waals surface area contributed by atoms with Crippen molar-refractivity contribution in [3.63, 3.8) is 0 Å². The Balaban J connectivity index is 3.94. The molecule has 0 aromatic heterocycles. The largest absolute Gasteiger partial charge is 0.462 e. The maximum atomic E-state index is 12.3. The topological polar surface area (TPSA) is 76.1 Å². The number of hydrogen-bond donors (Lipinski definition) is 1. The van der Waals surface area contributed by atoms with Gasteiger partial charge < -0.3 is 19.5 Å². The summed E-state index contributed by atoms with van der Waals surface area (Å²) >= 11 is 0. The number of aliphatic hydroxyl groups excluding tert-OH is 1. The van der Waals surface area contributed by atoms with Crippen LogP contribution in [0.5, 0.6) is 0 Å². The summed E-state index contributed by atoms with van der Waals surface area (Å²) in [6.07, 6.45) is 28.0. The van der Waals surface area contributed by atoms with E-state index in [1.807, 2.05) is 0 Å². The lowest BCUT2D eigenvalue weighted by Gasteiger charge is -2.21. The normalized spacial score (nSPS) is 12.9. The molecule has 0 bridgehead atoms. The van der Waals surface area contributed by atoms with Crippen molar-refractivity contribution in [2.24, 2.45) is 0 Å². The molecule has 0 aliphatic carbocycles. The molecule has 0 aromatic rings. The van der Waals surface area contributed by atoms with Crippen LogP contribution in [0.1, 0.15) is 195 Å². The van der Waals surface area contributed by atoms with Crippen LogP contribution in [-0.2, 0) is 19.1 Å². The average Bonchev–Trinajstić information content (AvgIpc) is 3.01. The highest BCUT2D eigenvalue weighted by Crippen LogP contribution is 2.17. The Bertz CT molecular complexity index is 578. The van der Waals surface area contributed by atoms with Crippen LogP contribution in [0.3, 0.4) is 0 Å². The van der Waals surface area contributed by atoms with E-state index in [0.29, 0.717) is 12.8 Å². The molecule has 6 heteroatoms. The maximum Gasteiger partial charge on any atom is 0.306 e. The van der Waals surface area contributed by atoms with Crippen LogP contribution in [0, 0.1) is 0 Å². The van der Waals surface area contributed by atoms with Crippen LogP contribution < -0.4 is 0 Å². The van der Waals surface area contributed by atoms with Gasteiger partial charge in [-0.05, 0) is 77.3 Å². The van der Waals surface area contributed by atoms with Gasteiger partial charge in [0.15, 0.2) is 0 Å². The van der Waals surface area contributed by atoms with E-state index in [2.05, 4.69) is 32.6 Å². The van der Waals surface area contributed by atoms with E-state index in [0.717, 1.165) is 135 Å². The smallest absolute Gasteiger partial charge is 0.306 e. The minimum atomic E-state index is -0.00879. The zero-order valence-electron chi connectivity index (χ0n) is 29.9. The molecule has 2 unspecified atom stereocenters. The highest BCUT2D eigenvalue weighted by Gasteiger charge is 2.15. The summed E-state index contributed by atoms with van der Waals surface area (Å²) < 4.78 is 11.6. The summed E-state index contributed by atoms with van der Waals surface area (Å²) in [5.74, 6) is -0.0176. The first kappa shape index (κ1) is 42.9. The van der Waals surface area contributed by atoms with Gasteiger partial charge in [-0.15, -0.1) is 0 Å². The second kappa shape index (κ2) is 33.2. The van der Waals surface area contributed by atoms with Gasteiger partial charge in [0.2, 0.25) is 0 Å². The third kappa shape index (κ3) is 28.3. The van der Waals surface area contributed by atoms with Gasteiger partial charge in [0.25, 0.3) is 0 Å². The molecule has 0 saturated heterocycles. The summed E-state index contributed by atoms with van der Waals surface area (Å²) in [5, 5.41) is 9.50. The van der Waals surface area contributed by atoms with Crippen molar-refractivity contribution in [1.82, 2.24) is 4.90 Å².